The van der Waals surface area contributed by atoms with Crippen LogP contribution in [0.15, 0.2) is 54.1 Å². The maximum atomic E-state index is 12.0. The molecule has 126 valence electrons. The molecule has 0 saturated carbocycles. The normalized spacial score (nSPS) is 14.0. The lowest BCUT2D eigenvalue weighted by molar-refractivity contribution is -0.123. The van der Waals surface area contributed by atoms with Crippen molar-refractivity contribution in [1.82, 2.24) is 10.6 Å². The van der Waals surface area contributed by atoms with Gasteiger partial charge in [-0.3, -0.25) is 20.2 Å². The van der Waals surface area contributed by atoms with E-state index in [9.17, 15) is 9.59 Å². The van der Waals surface area contributed by atoms with E-state index < -0.39 is 11.8 Å². The highest BCUT2D eigenvalue weighted by atomic mass is 35.5. The molecule has 0 aromatic heterocycles. The highest BCUT2D eigenvalue weighted by molar-refractivity contribution is 7.80. The number of nitrogens with one attached hydrogen (secondary N) is 2. The van der Waals surface area contributed by atoms with Crippen molar-refractivity contribution in [2.45, 2.75) is 6.61 Å². The molecule has 0 unspecified atom stereocenters. The predicted octanol–water partition coefficient (Wildman–Crippen LogP) is 2.83. The third-order valence-electron chi connectivity index (χ3n) is 3.45. The Morgan fingerprint density at radius 3 is 2.48 bits per heavy atom. The molecular weight excluding hydrogens is 360 g/mol. The summed E-state index contributed by atoms with van der Waals surface area (Å²) in [5.41, 5.74) is 1.48. The lowest BCUT2D eigenvalue weighted by Gasteiger charge is -2.17. The van der Waals surface area contributed by atoms with Gasteiger partial charge in [0.05, 0.1) is 0 Å². The van der Waals surface area contributed by atoms with Crippen LogP contribution in [0.25, 0.3) is 6.08 Å². The zero-order chi connectivity index (χ0) is 17.8. The summed E-state index contributed by atoms with van der Waals surface area (Å²) in [5.74, 6) is -0.541. The number of ether oxygens (including phenoxy) is 1. The third kappa shape index (κ3) is 4.23. The highest BCUT2D eigenvalue weighted by Crippen LogP contribution is 2.23. The first-order chi connectivity index (χ1) is 12.0. The molecule has 0 radical (unpaired) electrons. The maximum Gasteiger partial charge on any atom is 0.263 e. The summed E-state index contributed by atoms with van der Waals surface area (Å²) in [7, 11) is 0. The molecule has 2 amide bonds. The number of carbonyl (C=O) groups is 2. The molecule has 3 rings (SSSR count). The minimum absolute atomic E-state index is 0.00218. The van der Waals surface area contributed by atoms with Crippen LogP contribution < -0.4 is 15.4 Å². The molecule has 0 spiro atoms. The van der Waals surface area contributed by atoms with Crippen LogP contribution in [0.5, 0.6) is 5.75 Å². The van der Waals surface area contributed by atoms with Crippen molar-refractivity contribution in [3.05, 3.63) is 70.3 Å². The Morgan fingerprint density at radius 2 is 1.76 bits per heavy atom. The average Bonchev–Trinajstić information content (AvgIpc) is 2.57. The Morgan fingerprint density at radius 1 is 1.04 bits per heavy atom. The molecule has 0 bridgehead atoms. The quantitative estimate of drug-likeness (QED) is 0.492. The molecule has 1 aliphatic heterocycles. The van der Waals surface area contributed by atoms with E-state index in [4.69, 9.17) is 28.6 Å². The molecule has 0 atom stereocenters. The molecule has 2 aromatic rings. The Hall–Kier alpha value is -2.70. The SMILES string of the molecule is O=C1NC(=S)NC(=O)C1=Cc1ccccc1OCc1cccc(Cl)c1. The molecular formula is C18H13ClN2O3S. The van der Waals surface area contributed by atoms with Crippen molar-refractivity contribution in [3.8, 4) is 5.75 Å². The zero-order valence-corrected chi connectivity index (χ0v) is 14.5. The monoisotopic (exact) mass is 372 g/mol. The summed E-state index contributed by atoms with van der Waals surface area (Å²) >= 11 is 10.7. The second-order valence-corrected chi connectivity index (χ2v) is 6.10. The molecule has 1 fully saturated rings. The van der Waals surface area contributed by atoms with Crippen LogP contribution in [-0.2, 0) is 16.2 Å². The van der Waals surface area contributed by atoms with E-state index >= 15 is 0 Å². The largest absolute Gasteiger partial charge is 0.488 e. The summed E-state index contributed by atoms with van der Waals surface area (Å²) in [4.78, 5) is 23.9. The first-order valence-electron chi connectivity index (χ1n) is 7.37. The second kappa shape index (κ2) is 7.46. The van der Waals surface area contributed by atoms with Crippen molar-refractivity contribution in [1.29, 1.82) is 0 Å². The van der Waals surface area contributed by atoms with Crippen molar-refractivity contribution in [2.24, 2.45) is 0 Å². The molecule has 1 aliphatic rings. The minimum atomic E-state index is -0.543. The Balaban J connectivity index is 1.83. The third-order valence-corrected chi connectivity index (χ3v) is 3.88. The van der Waals surface area contributed by atoms with Crippen LogP contribution in [-0.4, -0.2) is 16.9 Å². The number of benzene rings is 2. The van der Waals surface area contributed by atoms with E-state index in [0.29, 0.717) is 22.9 Å². The topological polar surface area (TPSA) is 67.4 Å². The van der Waals surface area contributed by atoms with E-state index in [1.165, 1.54) is 6.08 Å². The van der Waals surface area contributed by atoms with E-state index in [0.717, 1.165) is 5.56 Å². The number of amides is 2. The van der Waals surface area contributed by atoms with E-state index in [1.807, 2.05) is 24.3 Å². The van der Waals surface area contributed by atoms with Gasteiger partial charge in [-0.05, 0) is 42.1 Å². The van der Waals surface area contributed by atoms with Gasteiger partial charge in [0.2, 0.25) is 0 Å². The highest BCUT2D eigenvalue weighted by Gasteiger charge is 2.26. The molecule has 2 N–H and O–H groups in total. The van der Waals surface area contributed by atoms with Crippen molar-refractivity contribution in [3.63, 3.8) is 0 Å². The van der Waals surface area contributed by atoms with Crippen LogP contribution in [0.2, 0.25) is 5.02 Å². The van der Waals surface area contributed by atoms with Gasteiger partial charge in [-0.2, -0.15) is 0 Å². The molecule has 5 nitrogen and oxygen atoms in total. The van der Waals surface area contributed by atoms with Gasteiger partial charge in [0.1, 0.15) is 17.9 Å². The number of carbonyl (C=O) groups excluding carboxylic acids is 2. The summed E-state index contributed by atoms with van der Waals surface area (Å²) in [5, 5.41) is 5.43. The van der Waals surface area contributed by atoms with Gasteiger partial charge in [-0.25, -0.2) is 0 Å². The van der Waals surface area contributed by atoms with Gasteiger partial charge in [0.25, 0.3) is 11.8 Å². The average molecular weight is 373 g/mol. The van der Waals surface area contributed by atoms with Gasteiger partial charge >= 0.3 is 0 Å². The Kier molecular flexibility index (Phi) is 5.11. The lowest BCUT2D eigenvalue weighted by Crippen LogP contribution is -2.51. The zero-order valence-electron chi connectivity index (χ0n) is 12.9. The van der Waals surface area contributed by atoms with E-state index in [1.54, 1.807) is 24.3 Å². The molecule has 0 aliphatic carbocycles. The predicted molar refractivity (Wildman–Crippen MR) is 99.1 cm³/mol. The van der Waals surface area contributed by atoms with Gasteiger partial charge < -0.3 is 4.74 Å². The Labute approximate surface area is 154 Å². The lowest BCUT2D eigenvalue weighted by atomic mass is 10.1. The van der Waals surface area contributed by atoms with E-state index in [-0.39, 0.29) is 10.7 Å². The fourth-order valence-electron chi connectivity index (χ4n) is 2.28. The van der Waals surface area contributed by atoms with Gasteiger partial charge in [0, 0.05) is 10.6 Å². The van der Waals surface area contributed by atoms with Gasteiger partial charge in [0.15, 0.2) is 5.11 Å². The smallest absolute Gasteiger partial charge is 0.263 e. The summed E-state index contributed by atoms with van der Waals surface area (Å²) < 4.78 is 5.82. The van der Waals surface area contributed by atoms with Crippen LogP contribution in [0, 0.1) is 0 Å². The molecule has 2 aromatic carbocycles. The summed E-state index contributed by atoms with van der Waals surface area (Å²) in [6.45, 7) is 0.309. The Bertz CT molecular complexity index is 873. The number of thiocarbonyl (C=S) groups is 1. The van der Waals surface area contributed by atoms with Gasteiger partial charge in [-0.1, -0.05) is 41.9 Å². The minimum Gasteiger partial charge on any atom is -0.488 e. The standard InChI is InChI=1S/C18H13ClN2O3S/c19-13-6-3-4-11(8-13)10-24-15-7-2-1-5-12(15)9-14-16(22)20-18(25)21-17(14)23/h1-9H,10H2,(H2,20,21,22,23,25). The van der Waals surface area contributed by atoms with Crippen molar-refractivity contribution >= 4 is 46.8 Å². The van der Waals surface area contributed by atoms with Gasteiger partial charge in [-0.15, -0.1) is 0 Å². The molecule has 1 heterocycles. The van der Waals surface area contributed by atoms with Crippen LogP contribution >= 0.6 is 23.8 Å². The fourth-order valence-corrected chi connectivity index (χ4v) is 2.68. The molecule has 25 heavy (non-hydrogen) atoms. The number of para-hydroxylation sites is 1. The van der Waals surface area contributed by atoms with Crippen molar-refractivity contribution < 1.29 is 14.3 Å². The first kappa shape index (κ1) is 17.1. The number of hydrogen-bond acceptors (Lipinski definition) is 4. The first-order valence-corrected chi connectivity index (χ1v) is 8.16. The summed E-state index contributed by atoms with van der Waals surface area (Å²) in [6.07, 6.45) is 1.47. The van der Waals surface area contributed by atoms with Crippen LogP contribution in [0.4, 0.5) is 0 Å². The summed E-state index contributed by atoms with van der Waals surface area (Å²) in [6, 6.07) is 14.5. The fraction of sp³-hybridized carbons (Fsp3) is 0.0556. The number of halogens is 1. The number of rotatable bonds is 4. The van der Waals surface area contributed by atoms with Crippen LogP contribution in [0.3, 0.4) is 0 Å². The van der Waals surface area contributed by atoms with E-state index in [2.05, 4.69) is 10.6 Å². The maximum absolute atomic E-state index is 12.0. The van der Waals surface area contributed by atoms with Crippen LogP contribution in [0.1, 0.15) is 11.1 Å². The number of hydrogen-bond donors (Lipinski definition) is 2. The second-order valence-electron chi connectivity index (χ2n) is 5.25. The molecule has 7 heteroatoms. The van der Waals surface area contributed by atoms with Crippen molar-refractivity contribution in [2.75, 3.05) is 0 Å². The molecule has 1 saturated heterocycles.